The van der Waals surface area contributed by atoms with Crippen LogP contribution in [0.15, 0.2) is 29.8 Å². The fourth-order valence-electron chi connectivity index (χ4n) is 1.76. The van der Waals surface area contributed by atoms with Crippen molar-refractivity contribution in [1.82, 2.24) is 10.2 Å². The van der Waals surface area contributed by atoms with Gasteiger partial charge >= 0.3 is 0 Å². The molecule has 0 aromatic carbocycles. The van der Waals surface area contributed by atoms with Crippen molar-refractivity contribution in [2.45, 2.75) is 25.8 Å². The first-order valence-electron chi connectivity index (χ1n) is 5.87. The largest absolute Gasteiger partial charge is 0.360 e. The Balaban J connectivity index is 2.22. The molecule has 1 unspecified atom stereocenters. The first-order valence-corrected chi connectivity index (χ1v) is 6.74. The molecule has 5 heteroatoms. The summed E-state index contributed by atoms with van der Waals surface area (Å²) in [6.45, 7) is 2.14. The van der Waals surface area contributed by atoms with Crippen molar-refractivity contribution in [2.75, 3.05) is 5.32 Å². The third-order valence-corrected chi connectivity index (χ3v) is 3.60. The maximum Gasteiger partial charge on any atom is 0.167 e. The van der Waals surface area contributed by atoms with Crippen LogP contribution in [-0.2, 0) is 0 Å². The van der Waals surface area contributed by atoms with E-state index in [-0.39, 0.29) is 6.04 Å². The SMILES string of the molecule is CCCC(Nc1nnccc1C#N)c1cccs1. The monoisotopic (exact) mass is 258 g/mol. The molecule has 0 spiro atoms. The minimum atomic E-state index is 0.193. The van der Waals surface area contributed by atoms with Gasteiger partial charge in [-0.1, -0.05) is 19.4 Å². The van der Waals surface area contributed by atoms with Gasteiger partial charge in [0.25, 0.3) is 0 Å². The maximum absolute atomic E-state index is 9.04. The smallest absolute Gasteiger partial charge is 0.167 e. The fourth-order valence-corrected chi connectivity index (χ4v) is 2.57. The van der Waals surface area contributed by atoms with Crippen LogP contribution in [0.3, 0.4) is 0 Å². The van der Waals surface area contributed by atoms with Gasteiger partial charge in [-0.05, 0) is 23.9 Å². The molecule has 2 heterocycles. The lowest BCUT2D eigenvalue weighted by atomic mass is 10.1. The minimum absolute atomic E-state index is 0.193. The van der Waals surface area contributed by atoms with Crippen molar-refractivity contribution in [1.29, 1.82) is 5.26 Å². The van der Waals surface area contributed by atoms with Crippen molar-refractivity contribution in [2.24, 2.45) is 0 Å². The van der Waals surface area contributed by atoms with E-state index in [2.05, 4.69) is 40.0 Å². The normalized spacial score (nSPS) is 11.8. The molecule has 0 saturated carbocycles. The summed E-state index contributed by atoms with van der Waals surface area (Å²) in [5, 5.41) is 22.2. The number of hydrogen-bond acceptors (Lipinski definition) is 5. The van der Waals surface area contributed by atoms with Crippen LogP contribution in [0.2, 0.25) is 0 Å². The summed E-state index contributed by atoms with van der Waals surface area (Å²) < 4.78 is 0. The fraction of sp³-hybridized carbons (Fsp3) is 0.308. The highest BCUT2D eigenvalue weighted by molar-refractivity contribution is 7.10. The predicted molar refractivity (Wildman–Crippen MR) is 72.3 cm³/mol. The molecule has 0 saturated heterocycles. The Morgan fingerprint density at radius 1 is 1.50 bits per heavy atom. The number of nitrogens with zero attached hydrogens (tertiary/aromatic N) is 3. The van der Waals surface area contributed by atoms with Gasteiger partial charge in [-0.25, -0.2) is 0 Å². The Morgan fingerprint density at radius 2 is 2.39 bits per heavy atom. The molecule has 2 aromatic rings. The average Bonchev–Trinajstić information content (AvgIpc) is 2.92. The molecule has 1 atom stereocenters. The summed E-state index contributed by atoms with van der Waals surface area (Å²) in [4.78, 5) is 1.26. The van der Waals surface area contributed by atoms with Crippen LogP contribution in [0, 0.1) is 11.3 Å². The Bertz CT molecular complexity index is 530. The molecule has 0 aliphatic rings. The summed E-state index contributed by atoms with van der Waals surface area (Å²) in [6.07, 6.45) is 3.60. The van der Waals surface area contributed by atoms with Gasteiger partial charge in [0.1, 0.15) is 6.07 Å². The molecule has 1 N–H and O–H groups in total. The van der Waals surface area contributed by atoms with Gasteiger partial charge in [-0.3, -0.25) is 0 Å². The average molecular weight is 258 g/mol. The van der Waals surface area contributed by atoms with Crippen LogP contribution in [0.1, 0.15) is 36.2 Å². The van der Waals surface area contributed by atoms with E-state index >= 15 is 0 Å². The maximum atomic E-state index is 9.04. The van der Waals surface area contributed by atoms with E-state index < -0.39 is 0 Å². The molecule has 4 nitrogen and oxygen atoms in total. The number of rotatable bonds is 5. The van der Waals surface area contributed by atoms with Gasteiger partial charge in [-0.2, -0.15) is 10.4 Å². The van der Waals surface area contributed by atoms with Crippen molar-refractivity contribution in [3.05, 3.63) is 40.2 Å². The van der Waals surface area contributed by atoms with Gasteiger partial charge in [0.05, 0.1) is 17.8 Å². The second kappa shape index (κ2) is 6.12. The lowest BCUT2D eigenvalue weighted by molar-refractivity contribution is 0.682. The number of hydrogen-bond donors (Lipinski definition) is 1. The summed E-state index contributed by atoms with van der Waals surface area (Å²) in [5.74, 6) is 0.562. The van der Waals surface area contributed by atoms with E-state index in [0.717, 1.165) is 12.8 Å². The standard InChI is InChI=1S/C13H14N4S/c1-2-4-11(12-5-3-8-18-12)16-13-10(9-14)6-7-15-17-13/h3,5-8,11H,2,4H2,1H3,(H,16,17). The molecule has 2 aromatic heterocycles. The van der Waals surface area contributed by atoms with Gasteiger partial charge in [0.15, 0.2) is 5.82 Å². The molecule has 0 aliphatic heterocycles. The van der Waals surface area contributed by atoms with Crippen molar-refractivity contribution < 1.29 is 0 Å². The molecule has 0 fully saturated rings. The minimum Gasteiger partial charge on any atom is -0.360 e. The molecule has 18 heavy (non-hydrogen) atoms. The third kappa shape index (κ3) is 2.84. The van der Waals surface area contributed by atoms with Crippen molar-refractivity contribution in [3.8, 4) is 6.07 Å². The van der Waals surface area contributed by atoms with E-state index in [9.17, 15) is 0 Å². The zero-order chi connectivity index (χ0) is 12.8. The lowest BCUT2D eigenvalue weighted by Crippen LogP contribution is -2.12. The molecule has 92 valence electrons. The first kappa shape index (κ1) is 12.5. The molecular formula is C13H14N4S. The second-order valence-corrected chi connectivity index (χ2v) is 4.89. The van der Waals surface area contributed by atoms with Gasteiger partial charge in [0.2, 0.25) is 0 Å². The zero-order valence-corrected chi connectivity index (χ0v) is 10.9. The van der Waals surface area contributed by atoms with Crippen LogP contribution >= 0.6 is 11.3 Å². The van der Waals surface area contributed by atoms with E-state index in [1.165, 1.54) is 11.1 Å². The lowest BCUT2D eigenvalue weighted by Gasteiger charge is -2.17. The predicted octanol–water partition coefficient (Wildman–Crippen LogP) is 3.36. The van der Waals surface area contributed by atoms with Crippen LogP contribution in [0.25, 0.3) is 0 Å². The van der Waals surface area contributed by atoms with E-state index in [1.807, 2.05) is 6.07 Å². The summed E-state index contributed by atoms with van der Waals surface area (Å²) >= 11 is 1.71. The first-order chi connectivity index (χ1) is 8.85. The number of nitrogens with one attached hydrogen (secondary N) is 1. The number of anilines is 1. The summed E-state index contributed by atoms with van der Waals surface area (Å²) in [5.41, 5.74) is 0.530. The number of aromatic nitrogens is 2. The summed E-state index contributed by atoms with van der Waals surface area (Å²) in [7, 11) is 0. The highest BCUT2D eigenvalue weighted by Gasteiger charge is 2.14. The molecule has 0 radical (unpaired) electrons. The third-order valence-electron chi connectivity index (χ3n) is 2.62. The van der Waals surface area contributed by atoms with E-state index in [0.29, 0.717) is 11.4 Å². The zero-order valence-electron chi connectivity index (χ0n) is 10.1. The molecular weight excluding hydrogens is 244 g/mol. The Kier molecular flexibility index (Phi) is 4.26. The van der Waals surface area contributed by atoms with Crippen molar-refractivity contribution >= 4 is 17.2 Å². The topological polar surface area (TPSA) is 61.6 Å². The van der Waals surface area contributed by atoms with E-state index in [1.54, 1.807) is 17.4 Å². The quantitative estimate of drug-likeness (QED) is 0.893. The van der Waals surface area contributed by atoms with Gasteiger partial charge < -0.3 is 5.32 Å². The Labute approximate surface area is 110 Å². The van der Waals surface area contributed by atoms with Crippen LogP contribution in [-0.4, -0.2) is 10.2 Å². The van der Waals surface area contributed by atoms with E-state index in [4.69, 9.17) is 5.26 Å². The second-order valence-electron chi connectivity index (χ2n) is 3.91. The summed E-state index contributed by atoms with van der Waals surface area (Å²) in [6, 6.07) is 8.13. The number of thiophene rings is 1. The van der Waals surface area contributed by atoms with Crippen molar-refractivity contribution in [3.63, 3.8) is 0 Å². The molecule has 0 amide bonds. The van der Waals surface area contributed by atoms with Crippen LogP contribution in [0.4, 0.5) is 5.82 Å². The highest BCUT2D eigenvalue weighted by atomic mass is 32.1. The molecule has 2 rings (SSSR count). The van der Waals surface area contributed by atoms with Gasteiger partial charge in [-0.15, -0.1) is 16.4 Å². The molecule has 0 aliphatic carbocycles. The number of nitriles is 1. The van der Waals surface area contributed by atoms with Gasteiger partial charge in [0, 0.05) is 4.88 Å². The Hall–Kier alpha value is -1.93. The van der Waals surface area contributed by atoms with Crippen LogP contribution in [0.5, 0.6) is 0 Å². The Morgan fingerprint density at radius 3 is 3.06 bits per heavy atom. The van der Waals surface area contributed by atoms with Crippen LogP contribution < -0.4 is 5.32 Å². The molecule has 0 bridgehead atoms. The highest BCUT2D eigenvalue weighted by Crippen LogP contribution is 2.27.